The summed E-state index contributed by atoms with van der Waals surface area (Å²) in [6, 6.07) is 5.72. The SMILES string of the molecule is COc1ccc2sc(Br)c(C=O)c2c1. The van der Waals surface area contributed by atoms with Crippen LogP contribution in [0.5, 0.6) is 5.75 Å². The second-order valence-corrected chi connectivity index (χ2v) is 5.14. The number of aldehydes is 1. The van der Waals surface area contributed by atoms with Crippen LogP contribution in [0.15, 0.2) is 22.0 Å². The number of hydrogen-bond donors (Lipinski definition) is 0. The van der Waals surface area contributed by atoms with Crippen molar-refractivity contribution in [2.24, 2.45) is 0 Å². The number of hydrogen-bond acceptors (Lipinski definition) is 3. The minimum Gasteiger partial charge on any atom is -0.497 e. The van der Waals surface area contributed by atoms with Crippen LogP contribution in [-0.4, -0.2) is 13.4 Å². The Morgan fingerprint density at radius 3 is 2.93 bits per heavy atom. The summed E-state index contributed by atoms with van der Waals surface area (Å²) in [5, 5.41) is 0.941. The first kappa shape index (κ1) is 9.68. The molecule has 0 amide bonds. The second kappa shape index (κ2) is 3.71. The van der Waals surface area contributed by atoms with Crippen LogP contribution in [0, 0.1) is 0 Å². The van der Waals surface area contributed by atoms with Gasteiger partial charge in [-0.05, 0) is 34.1 Å². The lowest BCUT2D eigenvalue weighted by Gasteiger charge is -1.98. The van der Waals surface area contributed by atoms with Gasteiger partial charge in [0, 0.05) is 15.6 Å². The van der Waals surface area contributed by atoms with Gasteiger partial charge in [0.1, 0.15) is 5.75 Å². The molecule has 2 aromatic rings. The maximum atomic E-state index is 10.8. The number of fused-ring (bicyclic) bond motifs is 1. The van der Waals surface area contributed by atoms with Gasteiger partial charge in [0.15, 0.2) is 6.29 Å². The van der Waals surface area contributed by atoms with Crippen molar-refractivity contribution in [2.75, 3.05) is 7.11 Å². The Kier molecular flexibility index (Phi) is 2.56. The highest BCUT2D eigenvalue weighted by molar-refractivity contribution is 9.11. The molecular weight excluding hydrogens is 264 g/mol. The normalized spacial score (nSPS) is 10.4. The number of rotatable bonds is 2. The lowest BCUT2D eigenvalue weighted by Crippen LogP contribution is -1.82. The second-order valence-electron chi connectivity index (χ2n) is 2.77. The Labute approximate surface area is 93.6 Å². The van der Waals surface area contributed by atoms with Crippen LogP contribution >= 0.6 is 27.3 Å². The van der Waals surface area contributed by atoms with Crippen LogP contribution in [0.4, 0.5) is 0 Å². The predicted octanol–water partition coefficient (Wildman–Crippen LogP) is 3.48. The highest BCUT2D eigenvalue weighted by atomic mass is 79.9. The van der Waals surface area contributed by atoms with Crippen molar-refractivity contribution in [3.8, 4) is 5.75 Å². The van der Waals surface area contributed by atoms with Crippen molar-refractivity contribution >= 4 is 43.6 Å². The fourth-order valence-corrected chi connectivity index (χ4v) is 3.01. The van der Waals surface area contributed by atoms with E-state index in [1.54, 1.807) is 18.4 Å². The summed E-state index contributed by atoms with van der Waals surface area (Å²) in [6.45, 7) is 0. The number of carbonyl (C=O) groups is 1. The average Bonchev–Trinajstić information content (AvgIpc) is 2.52. The van der Waals surface area contributed by atoms with Crippen LogP contribution in [0.3, 0.4) is 0 Å². The number of carbonyl (C=O) groups excluding carboxylic acids is 1. The van der Waals surface area contributed by atoms with Crippen LogP contribution < -0.4 is 4.74 Å². The van der Waals surface area contributed by atoms with E-state index in [4.69, 9.17) is 4.74 Å². The number of methoxy groups -OCH3 is 1. The third kappa shape index (κ3) is 1.44. The van der Waals surface area contributed by atoms with Gasteiger partial charge in [-0.25, -0.2) is 0 Å². The molecule has 4 heteroatoms. The zero-order valence-electron chi connectivity index (χ0n) is 7.41. The summed E-state index contributed by atoms with van der Waals surface area (Å²) in [6.07, 6.45) is 0.863. The molecule has 0 spiro atoms. The number of benzene rings is 1. The van der Waals surface area contributed by atoms with E-state index in [-0.39, 0.29) is 0 Å². The Bertz CT molecular complexity index is 490. The molecule has 0 saturated carbocycles. The summed E-state index contributed by atoms with van der Waals surface area (Å²) in [4.78, 5) is 10.8. The first-order valence-electron chi connectivity index (χ1n) is 3.97. The van der Waals surface area contributed by atoms with Gasteiger partial charge >= 0.3 is 0 Å². The molecule has 0 aliphatic rings. The van der Waals surface area contributed by atoms with Crippen LogP contribution in [-0.2, 0) is 0 Å². The minimum absolute atomic E-state index is 0.698. The zero-order chi connectivity index (χ0) is 10.1. The molecule has 0 bridgehead atoms. The monoisotopic (exact) mass is 270 g/mol. The smallest absolute Gasteiger partial charge is 0.152 e. The molecule has 1 aromatic heterocycles. The first-order chi connectivity index (χ1) is 6.76. The van der Waals surface area contributed by atoms with Gasteiger partial charge < -0.3 is 4.74 Å². The van der Waals surface area contributed by atoms with E-state index in [2.05, 4.69) is 15.9 Å². The molecule has 0 aliphatic carbocycles. The van der Waals surface area contributed by atoms with Gasteiger partial charge in [-0.15, -0.1) is 11.3 Å². The Morgan fingerprint density at radius 1 is 1.50 bits per heavy atom. The van der Waals surface area contributed by atoms with Crippen molar-refractivity contribution < 1.29 is 9.53 Å². The van der Waals surface area contributed by atoms with Crippen LogP contribution in [0.2, 0.25) is 0 Å². The minimum atomic E-state index is 0.698. The summed E-state index contributed by atoms with van der Waals surface area (Å²) in [5.41, 5.74) is 0.698. The predicted molar refractivity (Wildman–Crippen MR) is 61.5 cm³/mol. The molecule has 14 heavy (non-hydrogen) atoms. The van der Waals surface area contributed by atoms with E-state index >= 15 is 0 Å². The van der Waals surface area contributed by atoms with E-state index < -0.39 is 0 Å². The van der Waals surface area contributed by atoms with Gasteiger partial charge in [-0.2, -0.15) is 0 Å². The summed E-state index contributed by atoms with van der Waals surface area (Å²) in [7, 11) is 1.61. The summed E-state index contributed by atoms with van der Waals surface area (Å²) in [5.74, 6) is 0.769. The first-order valence-corrected chi connectivity index (χ1v) is 5.58. The van der Waals surface area contributed by atoms with Crippen molar-refractivity contribution in [1.29, 1.82) is 0 Å². The topological polar surface area (TPSA) is 26.3 Å². The quantitative estimate of drug-likeness (QED) is 0.781. The maximum Gasteiger partial charge on any atom is 0.152 e. The molecule has 2 rings (SSSR count). The summed E-state index contributed by atoms with van der Waals surface area (Å²) < 4.78 is 7.06. The van der Waals surface area contributed by atoms with Crippen molar-refractivity contribution in [2.45, 2.75) is 0 Å². The molecular formula is C10H7BrO2S. The molecule has 1 heterocycles. The standard InChI is InChI=1S/C10H7BrO2S/c1-13-6-2-3-9-7(4-6)8(5-12)10(11)14-9/h2-5H,1H3. The molecule has 0 fully saturated rings. The number of ether oxygens (including phenoxy) is 1. The van der Waals surface area contributed by atoms with E-state index in [9.17, 15) is 4.79 Å². The highest BCUT2D eigenvalue weighted by Gasteiger charge is 2.09. The van der Waals surface area contributed by atoms with Gasteiger partial charge in [0.2, 0.25) is 0 Å². The fraction of sp³-hybridized carbons (Fsp3) is 0.100. The third-order valence-corrected chi connectivity index (χ3v) is 3.89. The Balaban J connectivity index is 2.77. The lowest BCUT2D eigenvalue weighted by molar-refractivity contribution is 0.112. The molecule has 0 unspecified atom stereocenters. The highest BCUT2D eigenvalue weighted by Crippen LogP contribution is 2.36. The summed E-state index contributed by atoms with van der Waals surface area (Å²) >= 11 is 4.92. The number of halogens is 1. The van der Waals surface area contributed by atoms with Gasteiger partial charge in [0.25, 0.3) is 0 Å². The Morgan fingerprint density at radius 2 is 2.29 bits per heavy atom. The van der Waals surface area contributed by atoms with Crippen LogP contribution in [0.1, 0.15) is 10.4 Å². The van der Waals surface area contributed by atoms with Crippen LogP contribution in [0.25, 0.3) is 10.1 Å². The molecule has 0 atom stereocenters. The Hall–Kier alpha value is -0.870. The molecule has 72 valence electrons. The molecule has 0 saturated heterocycles. The average molecular weight is 271 g/mol. The molecule has 0 N–H and O–H groups in total. The zero-order valence-corrected chi connectivity index (χ0v) is 9.81. The van der Waals surface area contributed by atoms with Crippen molar-refractivity contribution in [1.82, 2.24) is 0 Å². The van der Waals surface area contributed by atoms with Crippen molar-refractivity contribution in [3.05, 3.63) is 27.5 Å². The van der Waals surface area contributed by atoms with Gasteiger partial charge in [0.05, 0.1) is 10.9 Å². The van der Waals surface area contributed by atoms with Crippen molar-refractivity contribution in [3.63, 3.8) is 0 Å². The molecule has 2 nitrogen and oxygen atoms in total. The van der Waals surface area contributed by atoms with E-state index in [0.717, 1.165) is 25.9 Å². The van der Waals surface area contributed by atoms with E-state index in [0.29, 0.717) is 5.56 Å². The third-order valence-electron chi connectivity index (χ3n) is 2.01. The molecule has 0 radical (unpaired) electrons. The largest absolute Gasteiger partial charge is 0.497 e. The van der Waals surface area contributed by atoms with Gasteiger partial charge in [-0.1, -0.05) is 0 Å². The molecule has 1 aromatic carbocycles. The van der Waals surface area contributed by atoms with E-state index in [1.165, 1.54) is 0 Å². The molecule has 0 aliphatic heterocycles. The number of thiophene rings is 1. The lowest BCUT2D eigenvalue weighted by atomic mass is 10.2. The maximum absolute atomic E-state index is 10.8. The van der Waals surface area contributed by atoms with Gasteiger partial charge in [-0.3, -0.25) is 4.79 Å². The fourth-order valence-electron chi connectivity index (χ4n) is 1.30. The van der Waals surface area contributed by atoms with E-state index in [1.807, 2.05) is 18.2 Å².